The van der Waals surface area contributed by atoms with Gasteiger partial charge in [-0.3, -0.25) is 14.4 Å². The predicted molar refractivity (Wildman–Crippen MR) is 235 cm³/mol. The van der Waals surface area contributed by atoms with Crippen molar-refractivity contribution in [2.24, 2.45) is 0 Å². The smallest absolute Gasteiger partial charge is 0.236 e. The van der Waals surface area contributed by atoms with E-state index in [2.05, 4.69) is 10.6 Å². The first-order valence-corrected chi connectivity index (χ1v) is 19.8. The van der Waals surface area contributed by atoms with Gasteiger partial charge >= 0.3 is 0 Å². The average molecular weight is 765 g/mol. The van der Waals surface area contributed by atoms with Gasteiger partial charge in [-0.15, -0.1) is 0 Å². The number of rotatable bonds is 10. The molecule has 1 aliphatic carbocycles. The summed E-state index contributed by atoms with van der Waals surface area (Å²) in [5, 5.41) is 6.38. The summed E-state index contributed by atoms with van der Waals surface area (Å²) >= 11 is 0. The van der Waals surface area contributed by atoms with Gasteiger partial charge in [-0.25, -0.2) is 0 Å². The number of carbonyl (C=O) groups excluding carboxylic acids is 3. The van der Waals surface area contributed by atoms with Crippen LogP contribution in [-0.4, -0.2) is 17.6 Å². The summed E-state index contributed by atoms with van der Waals surface area (Å²) in [5.41, 5.74) is 8.86. The molecule has 0 aromatic heterocycles. The minimum absolute atomic E-state index is 0.0275. The largest absolute Gasteiger partial charge is 0.325 e. The SMILES string of the molecule is O=C1c2ccccc2C(c2ccc(NC(=O)C(c3ccccc3)c3ccccc3)cc2)(c2ccc(NC(=O)C(c3ccccc3)c3ccccc3)cc2)c2ccccc21. The summed E-state index contributed by atoms with van der Waals surface area (Å²) in [5.74, 6) is -1.30. The lowest BCUT2D eigenvalue weighted by molar-refractivity contribution is -0.117. The Morgan fingerprint density at radius 1 is 0.356 bits per heavy atom. The van der Waals surface area contributed by atoms with Gasteiger partial charge in [-0.05, 0) is 68.8 Å². The van der Waals surface area contributed by atoms with Gasteiger partial charge in [0.05, 0.1) is 17.3 Å². The maximum Gasteiger partial charge on any atom is 0.236 e. The van der Waals surface area contributed by atoms with Crippen LogP contribution in [0.1, 0.15) is 72.3 Å². The van der Waals surface area contributed by atoms with Crippen LogP contribution in [0.2, 0.25) is 0 Å². The van der Waals surface area contributed by atoms with Crippen molar-refractivity contribution in [1.29, 1.82) is 0 Å². The maximum absolute atomic E-state index is 14.1. The molecule has 0 radical (unpaired) electrons. The zero-order valence-electron chi connectivity index (χ0n) is 32.2. The zero-order valence-corrected chi connectivity index (χ0v) is 32.2. The van der Waals surface area contributed by atoms with Gasteiger partial charge in [0.25, 0.3) is 0 Å². The lowest BCUT2D eigenvalue weighted by Crippen LogP contribution is -2.38. The first-order chi connectivity index (χ1) is 29.0. The lowest BCUT2D eigenvalue weighted by Gasteiger charge is -2.41. The molecule has 0 aliphatic heterocycles. The Morgan fingerprint density at radius 3 is 0.966 bits per heavy atom. The Labute approximate surface area is 344 Å². The van der Waals surface area contributed by atoms with Gasteiger partial charge in [-0.1, -0.05) is 194 Å². The summed E-state index contributed by atoms with van der Waals surface area (Å²) in [6, 6.07) is 70.7. The molecule has 5 heteroatoms. The molecule has 59 heavy (non-hydrogen) atoms. The molecule has 2 N–H and O–H groups in total. The van der Waals surface area contributed by atoms with Crippen LogP contribution in [0.3, 0.4) is 0 Å². The van der Waals surface area contributed by atoms with Crippen LogP contribution in [0.4, 0.5) is 11.4 Å². The molecule has 0 atom stereocenters. The van der Waals surface area contributed by atoms with E-state index in [0.29, 0.717) is 22.5 Å². The third-order valence-electron chi connectivity index (χ3n) is 11.4. The van der Waals surface area contributed by atoms with E-state index in [1.54, 1.807) is 0 Å². The van der Waals surface area contributed by atoms with Gasteiger partial charge in [-0.2, -0.15) is 0 Å². The number of benzene rings is 8. The van der Waals surface area contributed by atoms with Crippen molar-refractivity contribution in [3.8, 4) is 0 Å². The molecule has 0 spiro atoms. The molecule has 5 nitrogen and oxygen atoms in total. The van der Waals surface area contributed by atoms with E-state index in [4.69, 9.17) is 0 Å². The molecule has 0 saturated heterocycles. The number of hydrogen-bond donors (Lipinski definition) is 2. The second-order valence-electron chi connectivity index (χ2n) is 14.8. The Balaban J connectivity index is 1.10. The van der Waals surface area contributed by atoms with Crippen LogP contribution >= 0.6 is 0 Å². The Morgan fingerprint density at radius 2 is 0.644 bits per heavy atom. The van der Waals surface area contributed by atoms with E-state index in [9.17, 15) is 14.4 Å². The number of anilines is 2. The predicted octanol–water partition coefficient (Wildman–Crippen LogP) is 11.2. The molecule has 1 aliphatic rings. The van der Waals surface area contributed by atoms with Gasteiger partial charge in [0.2, 0.25) is 11.8 Å². The van der Waals surface area contributed by atoms with Gasteiger partial charge in [0.1, 0.15) is 0 Å². The first kappa shape index (κ1) is 37.0. The second-order valence-corrected chi connectivity index (χ2v) is 14.8. The molecule has 2 amide bonds. The number of amides is 2. The highest BCUT2D eigenvalue weighted by Crippen LogP contribution is 2.51. The van der Waals surface area contributed by atoms with E-state index in [1.807, 2.05) is 218 Å². The third kappa shape index (κ3) is 6.93. The van der Waals surface area contributed by atoms with Crippen LogP contribution in [0, 0.1) is 0 Å². The van der Waals surface area contributed by atoms with Crippen LogP contribution < -0.4 is 10.6 Å². The standard InChI is InChI=1S/C54H40N2O3/c57-51-45-25-13-15-27-47(45)54(48-28-16-14-26-46(48)51,41-29-33-43(34-30-41)55-52(58)49(37-17-5-1-6-18-37)38-19-7-2-8-20-38)42-31-35-44(36-32-42)56-53(59)50(39-21-9-3-10-22-39)40-23-11-4-12-24-40/h1-36,49-50H,(H,55,58)(H,56,59). The minimum Gasteiger partial charge on any atom is -0.325 e. The van der Waals surface area contributed by atoms with Crippen LogP contribution in [0.15, 0.2) is 218 Å². The van der Waals surface area contributed by atoms with Crippen molar-refractivity contribution in [1.82, 2.24) is 0 Å². The molecule has 8 aromatic carbocycles. The summed E-state index contributed by atoms with van der Waals surface area (Å²) in [6.07, 6.45) is 0. The van der Waals surface area contributed by atoms with E-state index < -0.39 is 17.3 Å². The zero-order chi connectivity index (χ0) is 40.2. The molecule has 8 aromatic rings. The van der Waals surface area contributed by atoms with E-state index in [1.165, 1.54) is 0 Å². The van der Waals surface area contributed by atoms with Crippen molar-refractivity contribution in [3.05, 3.63) is 274 Å². The van der Waals surface area contributed by atoms with E-state index >= 15 is 0 Å². The van der Waals surface area contributed by atoms with Crippen LogP contribution in [-0.2, 0) is 15.0 Å². The minimum atomic E-state index is -0.903. The summed E-state index contributed by atoms with van der Waals surface area (Å²) in [6.45, 7) is 0. The quantitative estimate of drug-likeness (QED) is 0.146. The molecular weight excluding hydrogens is 725 g/mol. The highest BCUT2D eigenvalue weighted by Gasteiger charge is 2.46. The Kier molecular flexibility index (Phi) is 10.1. The Bertz CT molecular complexity index is 2480. The highest BCUT2D eigenvalue weighted by molar-refractivity contribution is 6.14. The fourth-order valence-corrected chi connectivity index (χ4v) is 8.70. The monoisotopic (exact) mass is 764 g/mol. The van der Waals surface area contributed by atoms with E-state index in [-0.39, 0.29) is 17.6 Å². The molecule has 0 bridgehead atoms. The molecule has 0 fully saturated rings. The topological polar surface area (TPSA) is 75.3 Å². The van der Waals surface area contributed by atoms with Crippen LogP contribution in [0.5, 0.6) is 0 Å². The third-order valence-corrected chi connectivity index (χ3v) is 11.4. The molecule has 0 saturated carbocycles. The second kappa shape index (κ2) is 16.1. The normalized spacial score (nSPS) is 12.7. The molecule has 284 valence electrons. The Hall–Kier alpha value is -7.63. The van der Waals surface area contributed by atoms with Crippen molar-refractivity contribution < 1.29 is 14.4 Å². The highest BCUT2D eigenvalue weighted by atomic mass is 16.2. The number of nitrogens with one attached hydrogen (secondary N) is 2. The summed E-state index contributed by atoms with van der Waals surface area (Å²) < 4.78 is 0. The summed E-state index contributed by atoms with van der Waals surface area (Å²) in [7, 11) is 0. The van der Waals surface area contributed by atoms with Crippen molar-refractivity contribution in [3.63, 3.8) is 0 Å². The van der Waals surface area contributed by atoms with Crippen molar-refractivity contribution in [2.75, 3.05) is 10.6 Å². The molecule has 0 unspecified atom stereocenters. The fourth-order valence-electron chi connectivity index (χ4n) is 8.70. The van der Waals surface area contributed by atoms with Crippen molar-refractivity contribution in [2.45, 2.75) is 17.3 Å². The molecule has 0 heterocycles. The van der Waals surface area contributed by atoms with Gasteiger partial charge < -0.3 is 10.6 Å². The summed E-state index contributed by atoms with van der Waals surface area (Å²) in [4.78, 5) is 42.3. The van der Waals surface area contributed by atoms with Gasteiger partial charge in [0, 0.05) is 22.5 Å². The lowest BCUT2D eigenvalue weighted by atomic mass is 9.59. The number of ketones is 1. The molecular formula is C54H40N2O3. The molecule has 9 rings (SSSR count). The maximum atomic E-state index is 14.1. The van der Waals surface area contributed by atoms with E-state index in [0.717, 1.165) is 44.5 Å². The number of hydrogen-bond acceptors (Lipinski definition) is 3. The first-order valence-electron chi connectivity index (χ1n) is 19.8. The fraction of sp³-hybridized carbons (Fsp3) is 0.0556. The average Bonchev–Trinajstić information content (AvgIpc) is 3.29. The number of carbonyl (C=O) groups is 3. The number of fused-ring (bicyclic) bond motifs is 2. The van der Waals surface area contributed by atoms with Crippen LogP contribution in [0.25, 0.3) is 0 Å². The van der Waals surface area contributed by atoms with Crippen molar-refractivity contribution >= 4 is 29.0 Å². The van der Waals surface area contributed by atoms with Gasteiger partial charge in [0.15, 0.2) is 5.78 Å².